The monoisotopic (exact) mass is 307 g/mol. The summed E-state index contributed by atoms with van der Waals surface area (Å²) in [5.41, 5.74) is 1.15. The van der Waals surface area contributed by atoms with E-state index in [0.29, 0.717) is 5.92 Å². The van der Waals surface area contributed by atoms with Crippen molar-refractivity contribution < 1.29 is 18.7 Å². The van der Waals surface area contributed by atoms with Gasteiger partial charge in [-0.25, -0.2) is 8.78 Å². The molecule has 1 aromatic carbocycles. The van der Waals surface area contributed by atoms with Crippen LogP contribution < -0.4 is 0 Å². The lowest BCUT2D eigenvalue weighted by atomic mass is 10.0. The van der Waals surface area contributed by atoms with Gasteiger partial charge in [0.1, 0.15) is 11.6 Å². The minimum Gasteiger partial charge on any atom is -0.391 e. The van der Waals surface area contributed by atoms with Crippen LogP contribution in [0.15, 0.2) is 29.8 Å². The van der Waals surface area contributed by atoms with Crippen LogP contribution in [0.2, 0.25) is 0 Å². The number of hydrogen-bond donors (Lipinski definition) is 1. The molecule has 118 valence electrons. The molecule has 3 rings (SSSR count). The molecular formula is C17H19F2NO2. The SMILES string of the molecule is C/C(=C/C(=O)N1CC(O)CC1c1cc(F)ccc1F)C1CC1. The molecule has 0 radical (unpaired) electrons. The molecule has 1 aliphatic heterocycles. The number of benzene rings is 1. The molecule has 1 amide bonds. The van der Waals surface area contributed by atoms with E-state index in [1.807, 2.05) is 6.92 Å². The average Bonchev–Trinajstić information content (AvgIpc) is 3.24. The first kappa shape index (κ1) is 15.2. The second-order valence-corrected chi connectivity index (χ2v) is 6.22. The summed E-state index contributed by atoms with van der Waals surface area (Å²) in [4.78, 5) is 13.9. The maximum atomic E-state index is 14.0. The van der Waals surface area contributed by atoms with Gasteiger partial charge >= 0.3 is 0 Å². The van der Waals surface area contributed by atoms with Gasteiger partial charge in [-0.2, -0.15) is 0 Å². The second kappa shape index (κ2) is 5.80. The summed E-state index contributed by atoms with van der Waals surface area (Å²) < 4.78 is 27.4. The average molecular weight is 307 g/mol. The highest BCUT2D eigenvalue weighted by Gasteiger charge is 2.36. The van der Waals surface area contributed by atoms with Gasteiger partial charge in [-0.05, 0) is 50.3 Å². The van der Waals surface area contributed by atoms with Crippen LogP contribution in [-0.2, 0) is 4.79 Å². The van der Waals surface area contributed by atoms with E-state index in [0.717, 1.165) is 36.6 Å². The number of aliphatic hydroxyl groups is 1. The largest absolute Gasteiger partial charge is 0.391 e. The number of β-amino-alcohol motifs (C(OH)–C–C–N with tert-alkyl or cyclic N) is 1. The summed E-state index contributed by atoms with van der Waals surface area (Å²) in [6.45, 7) is 2.06. The molecule has 2 atom stereocenters. The minimum absolute atomic E-state index is 0.127. The number of allylic oxidation sites excluding steroid dienone is 1. The van der Waals surface area contributed by atoms with Gasteiger partial charge in [0.15, 0.2) is 0 Å². The molecule has 1 aromatic rings. The van der Waals surface area contributed by atoms with Crippen LogP contribution >= 0.6 is 0 Å². The maximum Gasteiger partial charge on any atom is 0.247 e. The maximum absolute atomic E-state index is 14.0. The Hall–Kier alpha value is -1.75. The lowest BCUT2D eigenvalue weighted by Crippen LogP contribution is -2.31. The molecular weight excluding hydrogens is 288 g/mol. The highest BCUT2D eigenvalue weighted by Crippen LogP contribution is 2.37. The first-order valence-electron chi connectivity index (χ1n) is 7.57. The fourth-order valence-corrected chi connectivity index (χ4v) is 3.06. The number of carbonyl (C=O) groups excluding carboxylic acids is 1. The zero-order chi connectivity index (χ0) is 15.9. The molecule has 1 aliphatic carbocycles. The summed E-state index contributed by atoms with van der Waals surface area (Å²) >= 11 is 0. The fourth-order valence-electron chi connectivity index (χ4n) is 3.06. The quantitative estimate of drug-likeness (QED) is 0.872. The third-order valence-corrected chi connectivity index (χ3v) is 4.45. The number of aliphatic hydroxyl groups excluding tert-OH is 1. The van der Waals surface area contributed by atoms with Crippen molar-refractivity contribution >= 4 is 5.91 Å². The summed E-state index contributed by atoms with van der Waals surface area (Å²) in [6.07, 6.45) is 3.27. The number of nitrogens with zero attached hydrogens (tertiary/aromatic N) is 1. The molecule has 0 aromatic heterocycles. The van der Waals surface area contributed by atoms with E-state index < -0.39 is 23.8 Å². The third kappa shape index (κ3) is 3.04. The van der Waals surface area contributed by atoms with Crippen LogP contribution in [0.1, 0.15) is 37.8 Å². The Morgan fingerprint density at radius 3 is 2.77 bits per heavy atom. The molecule has 2 aliphatic rings. The molecule has 0 spiro atoms. The molecule has 2 unspecified atom stereocenters. The van der Waals surface area contributed by atoms with E-state index in [9.17, 15) is 18.7 Å². The minimum atomic E-state index is -0.716. The van der Waals surface area contributed by atoms with Crippen LogP contribution in [0.4, 0.5) is 8.78 Å². The van der Waals surface area contributed by atoms with Crippen molar-refractivity contribution in [2.24, 2.45) is 5.92 Å². The van der Waals surface area contributed by atoms with Gasteiger partial charge < -0.3 is 10.0 Å². The van der Waals surface area contributed by atoms with Crippen LogP contribution in [0.25, 0.3) is 0 Å². The topological polar surface area (TPSA) is 40.5 Å². The lowest BCUT2D eigenvalue weighted by molar-refractivity contribution is -0.127. The molecule has 1 saturated heterocycles. The number of likely N-dealkylation sites (tertiary alicyclic amines) is 1. The molecule has 0 bridgehead atoms. The third-order valence-electron chi connectivity index (χ3n) is 4.45. The predicted octanol–water partition coefficient (Wildman–Crippen LogP) is 2.96. The summed E-state index contributed by atoms with van der Waals surface area (Å²) in [5.74, 6) is -0.869. The zero-order valence-corrected chi connectivity index (χ0v) is 12.4. The summed E-state index contributed by atoms with van der Waals surface area (Å²) in [7, 11) is 0. The van der Waals surface area contributed by atoms with Crippen molar-refractivity contribution in [1.82, 2.24) is 4.90 Å². The Morgan fingerprint density at radius 1 is 1.36 bits per heavy atom. The van der Waals surface area contributed by atoms with Crippen molar-refractivity contribution in [2.45, 2.75) is 38.3 Å². The van der Waals surface area contributed by atoms with Crippen molar-refractivity contribution in [3.63, 3.8) is 0 Å². The Morgan fingerprint density at radius 2 is 2.09 bits per heavy atom. The van der Waals surface area contributed by atoms with Crippen molar-refractivity contribution in [3.8, 4) is 0 Å². The van der Waals surface area contributed by atoms with E-state index in [1.54, 1.807) is 6.08 Å². The van der Waals surface area contributed by atoms with Gasteiger partial charge in [-0.1, -0.05) is 5.57 Å². The molecule has 22 heavy (non-hydrogen) atoms. The summed E-state index contributed by atoms with van der Waals surface area (Å²) in [6, 6.07) is 2.59. The van der Waals surface area contributed by atoms with Gasteiger partial charge in [0.25, 0.3) is 0 Å². The number of amides is 1. The molecule has 1 heterocycles. The first-order valence-corrected chi connectivity index (χ1v) is 7.57. The lowest BCUT2D eigenvalue weighted by Gasteiger charge is -2.24. The Kier molecular flexibility index (Phi) is 4.00. The molecule has 1 saturated carbocycles. The van der Waals surface area contributed by atoms with Gasteiger partial charge in [-0.15, -0.1) is 0 Å². The van der Waals surface area contributed by atoms with Crippen LogP contribution in [0.3, 0.4) is 0 Å². The fraction of sp³-hybridized carbons (Fsp3) is 0.471. The van der Waals surface area contributed by atoms with Gasteiger partial charge in [0.05, 0.1) is 12.1 Å². The standard InChI is InChI=1S/C17H19F2NO2/c1-10(11-2-3-11)6-17(22)20-9-13(21)8-16(20)14-7-12(18)4-5-15(14)19/h4-7,11,13,16,21H,2-3,8-9H2,1H3/b10-6-. The summed E-state index contributed by atoms with van der Waals surface area (Å²) in [5, 5.41) is 9.87. The zero-order valence-electron chi connectivity index (χ0n) is 12.4. The van der Waals surface area contributed by atoms with Crippen molar-refractivity contribution in [3.05, 3.63) is 47.0 Å². The van der Waals surface area contributed by atoms with E-state index >= 15 is 0 Å². The molecule has 5 heteroatoms. The Labute approximate surface area is 128 Å². The van der Waals surface area contributed by atoms with E-state index in [2.05, 4.69) is 0 Å². The highest BCUT2D eigenvalue weighted by molar-refractivity contribution is 5.89. The van der Waals surface area contributed by atoms with Gasteiger partial charge in [-0.3, -0.25) is 4.79 Å². The van der Waals surface area contributed by atoms with Crippen molar-refractivity contribution in [2.75, 3.05) is 6.54 Å². The van der Waals surface area contributed by atoms with E-state index in [1.165, 1.54) is 4.90 Å². The van der Waals surface area contributed by atoms with Crippen LogP contribution in [0.5, 0.6) is 0 Å². The van der Waals surface area contributed by atoms with Gasteiger partial charge in [0.2, 0.25) is 5.91 Å². The number of carbonyl (C=O) groups is 1. The normalized spacial score (nSPS) is 25.6. The van der Waals surface area contributed by atoms with Gasteiger partial charge in [0, 0.05) is 18.2 Å². The number of hydrogen-bond acceptors (Lipinski definition) is 2. The van der Waals surface area contributed by atoms with E-state index in [-0.39, 0.29) is 24.4 Å². The smallest absolute Gasteiger partial charge is 0.247 e. The molecule has 1 N–H and O–H groups in total. The highest BCUT2D eigenvalue weighted by atomic mass is 19.1. The number of rotatable bonds is 3. The number of halogens is 2. The first-order chi connectivity index (χ1) is 10.5. The van der Waals surface area contributed by atoms with Crippen LogP contribution in [-0.4, -0.2) is 28.6 Å². The van der Waals surface area contributed by atoms with Crippen LogP contribution in [0, 0.1) is 17.6 Å². The van der Waals surface area contributed by atoms with Crippen molar-refractivity contribution in [1.29, 1.82) is 0 Å². The predicted molar refractivity (Wildman–Crippen MR) is 77.9 cm³/mol. The Bertz CT molecular complexity index is 625. The molecule has 3 nitrogen and oxygen atoms in total. The Balaban J connectivity index is 1.87. The molecule has 2 fully saturated rings. The second-order valence-electron chi connectivity index (χ2n) is 6.22. The van der Waals surface area contributed by atoms with E-state index in [4.69, 9.17) is 0 Å².